The van der Waals surface area contributed by atoms with E-state index in [4.69, 9.17) is 12.2 Å². The van der Waals surface area contributed by atoms with Crippen LogP contribution < -0.4 is 11.1 Å². The Balaban J connectivity index is 2.05. The third-order valence-electron chi connectivity index (χ3n) is 7.22. The van der Waals surface area contributed by atoms with Gasteiger partial charge in [0.1, 0.15) is 12.1 Å². The normalized spacial score (nSPS) is 12.9. The predicted octanol–water partition coefficient (Wildman–Crippen LogP) is 4.91. The summed E-state index contributed by atoms with van der Waals surface area (Å²) in [5, 5.41) is 15.2. The molecule has 2 amide bonds. The Morgan fingerprint density at radius 2 is 1.62 bits per heavy atom. The zero-order valence-electron chi connectivity index (χ0n) is 23.3. The van der Waals surface area contributed by atoms with Crippen LogP contribution in [0.2, 0.25) is 0 Å². The molecule has 4 N–H and O–H groups in total. The molecule has 0 radical (unpaired) electrons. The van der Waals surface area contributed by atoms with Crippen molar-refractivity contribution in [3.8, 4) is 12.3 Å². The summed E-state index contributed by atoms with van der Waals surface area (Å²) in [6.45, 7) is 6.08. The molecule has 0 saturated carbocycles. The number of hydrogen-bond donors (Lipinski definition) is 3. The van der Waals surface area contributed by atoms with Gasteiger partial charge in [-0.3, -0.25) is 9.28 Å². The van der Waals surface area contributed by atoms with E-state index in [-0.39, 0.29) is 16.0 Å². The van der Waals surface area contributed by atoms with Crippen molar-refractivity contribution < 1.29 is 19.2 Å². The van der Waals surface area contributed by atoms with Crippen LogP contribution in [0.1, 0.15) is 64.1 Å². The predicted molar refractivity (Wildman–Crippen MR) is 169 cm³/mol. The van der Waals surface area contributed by atoms with Gasteiger partial charge < -0.3 is 16.2 Å². The Labute approximate surface area is 251 Å². The molecule has 0 aromatic heterocycles. The fourth-order valence-corrected chi connectivity index (χ4v) is 6.08. The van der Waals surface area contributed by atoms with E-state index >= 15 is 0 Å². The van der Waals surface area contributed by atoms with Gasteiger partial charge >= 0.3 is 5.91 Å². The molecule has 7 heteroatoms. The first-order chi connectivity index (χ1) is 19.2. The number of quaternary nitrogens is 1. The largest absolute Gasteiger partial charge is 0.386 e. The Kier molecular flexibility index (Phi) is 11.9. The third-order valence-corrected chi connectivity index (χ3v) is 7.89. The maximum atomic E-state index is 14.6. The molecule has 210 valence electrons. The lowest BCUT2D eigenvalue weighted by Crippen LogP contribution is -2.65. The van der Waals surface area contributed by atoms with Crippen molar-refractivity contribution in [2.24, 2.45) is 5.73 Å². The topological polar surface area (TPSA) is 92.4 Å². The summed E-state index contributed by atoms with van der Waals surface area (Å²) in [7, 11) is 0. The molecule has 3 aromatic rings. The van der Waals surface area contributed by atoms with Crippen molar-refractivity contribution in [3.05, 3.63) is 104 Å². The van der Waals surface area contributed by atoms with E-state index < -0.39 is 18.1 Å². The van der Waals surface area contributed by atoms with Gasteiger partial charge in [0.05, 0.1) is 18.7 Å². The molecule has 0 fully saturated rings. The highest BCUT2D eigenvalue weighted by atomic mass is 127. The summed E-state index contributed by atoms with van der Waals surface area (Å²) >= 11 is 2.29. The van der Waals surface area contributed by atoms with Crippen LogP contribution >= 0.6 is 22.6 Å². The molecule has 0 aliphatic carbocycles. The molecule has 0 heterocycles. The lowest BCUT2D eigenvalue weighted by atomic mass is 9.93. The zero-order valence-corrected chi connectivity index (χ0v) is 25.4. The second-order valence-corrected chi connectivity index (χ2v) is 11.4. The number of terminal acetylenes is 1. The number of nitrogens with zero attached hydrogens (tertiary/aromatic N) is 1. The third kappa shape index (κ3) is 8.01. The van der Waals surface area contributed by atoms with E-state index in [1.165, 1.54) is 12.1 Å². The van der Waals surface area contributed by atoms with Crippen molar-refractivity contribution in [1.29, 1.82) is 0 Å². The molecule has 6 nitrogen and oxygen atoms in total. The first-order valence-electron chi connectivity index (χ1n) is 13.7. The second-order valence-electron chi connectivity index (χ2n) is 10.2. The molecular formula is C33H39IN3O3+. The number of nitrogens with one attached hydrogen (secondary N) is 1. The number of halogens is 1. The van der Waals surface area contributed by atoms with E-state index in [0.717, 1.165) is 27.5 Å². The average Bonchev–Trinajstić information content (AvgIpc) is 2.95. The summed E-state index contributed by atoms with van der Waals surface area (Å²) in [5.74, 6) is 1.74. The Morgan fingerprint density at radius 1 is 0.975 bits per heavy atom. The maximum absolute atomic E-state index is 14.6. The van der Waals surface area contributed by atoms with Crippen LogP contribution in [0, 0.1) is 15.9 Å². The number of carbonyl (C=O) groups excluding carboxylic acids is 2. The van der Waals surface area contributed by atoms with Crippen LogP contribution in [0.15, 0.2) is 72.8 Å². The monoisotopic (exact) mass is 652 g/mol. The van der Waals surface area contributed by atoms with Gasteiger partial charge in [-0.05, 0) is 76.9 Å². The van der Waals surface area contributed by atoms with E-state index in [1.54, 1.807) is 6.07 Å². The molecule has 0 unspecified atom stereocenters. The molecule has 2 atom stereocenters. The van der Waals surface area contributed by atoms with Crippen molar-refractivity contribution in [2.45, 2.75) is 51.8 Å². The number of aliphatic hydroxyl groups excluding tert-OH is 1. The zero-order chi connectivity index (χ0) is 29.1. The van der Waals surface area contributed by atoms with Crippen molar-refractivity contribution in [1.82, 2.24) is 5.32 Å². The standard InChI is InChI=1S/C33H38IN3O3/c1-4-15-37(16-5-2,33(40)28-18-24(6-3)17-27(21-28)32(35)39)30(20-25-11-8-7-9-12-25)31(38)23-36-22-26-13-10-14-29(34)19-26/h3,7-14,17-19,21,30-31,36,38H,4-5,15-16,20,22-23H2,1-2H3,(H-,35,39)/p+1/t30-,31+/m0/s1. The number of nitrogens with two attached hydrogens (primary N) is 1. The molecule has 3 aromatic carbocycles. The van der Waals surface area contributed by atoms with Gasteiger partial charge in [0.15, 0.2) is 0 Å². The van der Waals surface area contributed by atoms with E-state index in [9.17, 15) is 14.7 Å². The van der Waals surface area contributed by atoms with Crippen LogP contribution in [0.3, 0.4) is 0 Å². The molecule has 0 saturated heterocycles. The van der Waals surface area contributed by atoms with Crippen molar-refractivity contribution >= 4 is 34.4 Å². The SMILES string of the molecule is C#Cc1cc(C(N)=O)cc(C(=O)[N+](CCC)(CCC)[C@@H](Cc2ccccc2)[C@H](O)CNCc2cccc(I)c2)c1. The molecule has 40 heavy (non-hydrogen) atoms. The first-order valence-corrected chi connectivity index (χ1v) is 14.8. The lowest BCUT2D eigenvalue weighted by molar-refractivity contribution is -0.878. The number of primary amides is 1. The fourth-order valence-electron chi connectivity index (χ4n) is 5.47. The minimum atomic E-state index is -0.823. The van der Waals surface area contributed by atoms with Crippen LogP contribution in [0.4, 0.5) is 0 Å². The van der Waals surface area contributed by atoms with Gasteiger partial charge in [-0.25, -0.2) is 4.79 Å². The van der Waals surface area contributed by atoms with Gasteiger partial charge in [-0.1, -0.05) is 62.2 Å². The van der Waals surface area contributed by atoms with E-state index in [2.05, 4.69) is 46.0 Å². The fraction of sp³-hybridized carbons (Fsp3) is 0.333. The highest BCUT2D eigenvalue weighted by Gasteiger charge is 2.47. The molecule has 0 bridgehead atoms. The van der Waals surface area contributed by atoms with Gasteiger partial charge in [0, 0.05) is 34.2 Å². The maximum Gasteiger partial charge on any atom is 0.346 e. The summed E-state index contributed by atoms with van der Waals surface area (Å²) in [5.41, 5.74) is 8.71. The summed E-state index contributed by atoms with van der Waals surface area (Å²) in [6, 6.07) is 22.4. The molecular weight excluding hydrogens is 613 g/mol. The molecule has 0 aliphatic rings. The quantitative estimate of drug-likeness (QED) is 0.131. The minimum Gasteiger partial charge on any atom is -0.386 e. The average molecular weight is 653 g/mol. The van der Waals surface area contributed by atoms with Crippen LogP contribution in [0.25, 0.3) is 0 Å². The second kappa shape index (κ2) is 15.1. The van der Waals surface area contributed by atoms with Gasteiger partial charge in [-0.15, -0.1) is 6.42 Å². The number of hydrogen-bond acceptors (Lipinski definition) is 4. The van der Waals surface area contributed by atoms with Gasteiger partial charge in [-0.2, -0.15) is 0 Å². The molecule has 3 rings (SSSR count). The Bertz CT molecular complexity index is 1330. The number of carbonyl (C=O) groups is 2. The highest BCUT2D eigenvalue weighted by Crippen LogP contribution is 2.28. The van der Waals surface area contributed by atoms with Gasteiger partial charge in [0.25, 0.3) is 0 Å². The minimum absolute atomic E-state index is 0.0419. The van der Waals surface area contributed by atoms with Crippen LogP contribution in [-0.2, 0) is 13.0 Å². The highest BCUT2D eigenvalue weighted by molar-refractivity contribution is 14.1. The lowest BCUT2D eigenvalue weighted by Gasteiger charge is -2.44. The van der Waals surface area contributed by atoms with E-state index in [1.807, 2.05) is 56.3 Å². The van der Waals surface area contributed by atoms with E-state index in [0.29, 0.717) is 43.7 Å². The Hall–Kier alpha value is -3.03. The van der Waals surface area contributed by atoms with Crippen LogP contribution in [-0.4, -0.2) is 53.2 Å². The first kappa shape index (κ1) is 31.5. The van der Waals surface area contributed by atoms with Gasteiger partial charge in [0.2, 0.25) is 5.91 Å². The summed E-state index contributed by atoms with van der Waals surface area (Å²) in [6.07, 6.45) is 6.82. The molecule has 0 aliphatic heterocycles. The Morgan fingerprint density at radius 3 is 2.23 bits per heavy atom. The number of amides is 2. The number of aliphatic hydroxyl groups is 1. The summed E-state index contributed by atoms with van der Waals surface area (Å²) in [4.78, 5) is 26.7. The number of rotatable bonds is 14. The number of benzene rings is 3. The molecule has 0 spiro atoms. The summed E-state index contributed by atoms with van der Waals surface area (Å²) < 4.78 is 1.19. The van der Waals surface area contributed by atoms with Crippen LogP contribution in [0.5, 0.6) is 0 Å². The van der Waals surface area contributed by atoms with Crippen molar-refractivity contribution in [3.63, 3.8) is 0 Å². The van der Waals surface area contributed by atoms with Crippen molar-refractivity contribution in [2.75, 3.05) is 19.6 Å². The smallest absolute Gasteiger partial charge is 0.346 e.